The minimum atomic E-state index is -2.61. The van der Waals surface area contributed by atoms with Gasteiger partial charge in [-0.2, -0.15) is 4.21 Å². The van der Waals surface area contributed by atoms with E-state index < -0.39 is 11.4 Å². The SMILES string of the molecule is Cn1ccnc1.Cn1ccnc1.O=S(O)O. The van der Waals surface area contributed by atoms with Gasteiger partial charge in [0.15, 0.2) is 0 Å². The Morgan fingerprint density at radius 2 is 1.31 bits per heavy atom. The van der Waals surface area contributed by atoms with Crippen LogP contribution in [0.25, 0.3) is 0 Å². The predicted molar refractivity (Wildman–Crippen MR) is 59.8 cm³/mol. The number of nitrogens with zero attached hydrogens (tertiary/aromatic N) is 4. The molecule has 2 aromatic heterocycles. The second-order valence-electron chi connectivity index (χ2n) is 2.69. The molecule has 2 heterocycles. The van der Waals surface area contributed by atoms with E-state index in [9.17, 15) is 0 Å². The zero-order chi connectivity index (χ0) is 12.4. The van der Waals surface area contributed by atoms with Gasteiger partial charge in [-0.3, -0.25) is 9.11 Å². The van der Waals surface area contributed by atoms with Crippen LogP contribution in [0.15, 0.2) is 37.4 Å². The van der Waals surface area contributed by atoms with Crippen molar-refractivity contribution in [3.63, 3.8) is 0 Å². The number of imidazole rings is 2. The van der Waals surface area contributed by atoms with Gasteiger partial charge in [0.05, 0.1) is 12.7 Å². The highest BCUT2D eigenvalue weighted by atomic mass is 32.2. The zero-order valence-electron chi connectivity index (χ0n) is 8.96. The van der Waals surface area contributed by atoms with Gasteiger partial charge in [0.25, 0.3) is 11.4 Å². The number of rotatable bonds is 0. The van der Waals surface area contributed by atoms with E-state index in [1.807, 2.05) is 35.6 Å². The third-order valence-electron chi connectivity index (χ3n) is 1.27. The highest BCUT2D eigenvalue weighted by molar-refractivity contribution is 7.73. The van der Waals surface area contributed by atoms with Gasteiger partial charge in [0.2, 0.25) is 0 Å². The minimum Gasteiger partial charge on any atom is -0.341 e. The normalized spacial score (nSPS) is 8.81. The first kappa shape index (κ1) is 14.5. The van der Waals surface area contributed by atoms with Crippen LogP contribution in [0.3, 0.4) is 0 Å². The maximum absolute atomic E-state index is 8.67. The van der Waals surface area contributed by atoms with Crippen molar-refractivity contribution < 1.29 is 13.3 Å². The van der Waals surface area contributed by atoms with Gasteiger partial charge in [0.1, 0.15) is 0 Å². The summed E-state index contributed by atoms with van der Waals surface area (Å²) in [5.41, 5.74) is 0. The Bertz CT molecular complexity index is 338. The molecule has 8 heteroatoms. The standard InChI is InChI=1S/2C4H6N2.H2O3S/c2*1-6-3-2-5-4-6;1-4(2)3/h2*2-4H,1H3;(H2,1,2,3). The molecule has 90 valence electrons. The van der Waals surface area contributed by atoms with E-state index in [4.69, 9.17) is 13.3 Å². The number of aromatic nitrogens is 4. The summed E-state index contributed by atoms with van der Waals surface area (Å²) in [7, 11) is 3.88. The molecule has 7 nitrogen and oxygen atoms in total. The number of hydrogen-bond acceptors (Lipinski definition) is 3. The summed E-state index contributed by atoms with van der Waals surface area (Å²) in [6.45, 7) is 0. The molecule has 0 saturated heterocycles. The fourth-order valence-electron chi connectivity index (χ4n) is 0.652. The summed E-state index contributed by atoms with van der Waals surface area (Å²) in [6, 6.07) is 0. The molecule has 0 saturated carbocycles. The van der Waals surface area contributed by atoms with Crippen LogP contribution >= 0.6 is 0 Å². The minimum absolute atomic E-state index is 1.75. The van der Waals surface area contributed by atoms with E-state index >= 15 is 0 Å². The largest absolute Gasteiger partial charge is 0.341 e. The lowest BCUT2D eigenvalue weighted by Gasteiger charge is -1.76. The molecule has 2 N–H and O–H groups in total. The smallest absolute Gasteiger partial charge is 0.299 e. The molecule has 0 aliphatic rings. The molecule has 0 radical (unpaired) electrons. The molecule has 0 fully saturated rings. The summed E-state index contributed by atoms with van der Waals surface area (Å²) >= 11 is -2.61. The van der Waals surface area contributed by atoms with Crippen LogP contribution in [0.5, 0.6) is 0 Å². The quantitative estimate of drug-likeness (QED) is 0.661. The molecule has 16 heavy (non-hydrogen) atoms. The second kappa shape index (κ2) is 8.77. The van der Waals surface area contributed by atoms with Crippen molar-refractivity contribution in [3.8, 4) is 0 Å². The molecule has 0 spiro atoms. The molecule has 0 unspecified atom stereocenters. The van der Waals surface area contributed by atoms with Crippen molar-refractivity contribution in [2.24, 2.45) is 14.1 Å². The fourth-order valence-corrected chi connectivity index (χ4v) is 0.652. The maximum Gasteiger partial charge on any atom is 0.299 e. The summed E-state index contributed by atoms with van der Waals surface area (Å²) < 4.78 is 26.6. The van der Waals surface area contributed by atoms with Crippen LogP contribution in [0, 0.1) is 0 Å². The van der Waals surface area contributed by atoms with Gasteiger partial charge in [-0.25, -0.2) is 9.97 Å². The van der Waals surface area contributed by atoms with Gasteiger partial charge in [-0.15, -0.1) is 0 Å². The molecule has 0 aliphatic carbocycles. The third-order valence-corrected chi connectivity index (χ3v) is 1.27. The highest BCUT2D eigenvalue weighted by Gasteiger charge is 1.69. The molecule has 0 amide bonds. The van der Waals surface area contributed by atoms with Gasteiger partial charge in [0, 0.05) is 38.9 Å². The predicted octanol–water partition coefficient (Wildman–Crippen LogP) is 0.521. The molecule has 0 bridgehead atoms. The zero-order valence-corrected chi connectivity index (χ0v) is 9.78. The molecule has 0 atom stereocenters. The first-order valence-corrected chi connectivity index (χ1v) is 5.22. The Balaban J connectivity index is 0.000000217. The topological polar surface area (TPSA) is 93.2 Å². The van der Waals surface area contributed by atoms with Crippen LogP contribution in [0.1, 0.15) is 0 Å². The van der Waals surface area contributed by atoms with E-state index in [0.29, 0.717) is 0 Å². The molecule has 2 aromatic rings. The summed E-state index contributed by atoms with van der Waals surface area (Å²) in [5, 5.41) is 0. The molecular formula is C8H14N4O3S. The Kier molecular flexibility index (Phi) is 7.94. The van der Waals surface area contributed by atoms with Gasteiger partial charge >= 0.3 is 0 Å². The lowest BCUT2D eigenvalue weighted by Crippen LogP contribution is -1.76. The average molecular weight is 246 g/mol. The van der Waals surface area contributed by atoms with E-state index in [0.717, 1.165) is 0 Å². The number of hydrogen-bond donors (Lipinski definition) is 2. The molecular weight excluding hydrogens is 232 g/mol. The van der Waals surface area contributed by atoms with E-state index in [1.54, 1.807) is 25.0 Å². The molecule has 2 rings (SSSR count). The van der Waals surface area contributed by atoms with Gasteiger partial charge in [-0.05, 0) is 0 Å². The van der Waals surface area contributed by atoms with Gasteiger partial charge in [-0.1, -0.05) is 0 Å². The lowest BCUT2D eigenvalue weighted by atomic mass is 10.9. The number of aryl methyl sites for hydroxylation is 2. The summed E-state index contributed by atoms with van der Waals surface area (Å²) in [4.78, 5) is 7.57. The van der Waals surface area contributed by atoms with Crippen LogP contribution in [0.2, 0.25) is 0 Å². The van der Waals surface area contributed by atoms with E-state index in [-0.39, 0.29) is 0 Å². The summed E-state index contributed by atoms with van der Waals surface area (Å²) in [5.74, 6) is 0. The Morgan fingerprint density at radius 3 is 1.38 bits per heavy atom. The van der Waals surface area contributed by atoms with Crippen molar-refractivity contribution in [2.45, 2.75) is 0 Å². The Labute approximate surface area is 95.9 Å². The Morgan fingerprint density at radius 1 is 1.00 bits per heavy atom. The first-order chi connectivity index (χ1) is 7.52. The van der Waals surface area contributed by atoms with Crippen molar-refractivity contribution in [3.05, 3.63) is 37.4 Å². The first-order valence-electron chi connectivity index (χ1n) is 4.16. The molecule has 0 aromatic carbocycles. The Hall–Kier alpha value is -1.51. The van der Waals surface area contributed by atoms with Gasteiger partial charge < -0.3 is 9.13 Å². The molecule has 0 aliphatic heterocycles. The summed E-state index contributed by atoms with van der Waals surface area (Å²) in [6.07, 6.45) is 10.8. The van der Waals surface area contributed by atoms with Crippen molar-refractivity contribution in [2.75, 3.05) is 0 Å². The van der Waals surface area contributed by atoms with E-state index in [1.165, 1.54) is 0 Å². The lowest BCUT2D eigenvalue weighted by molar-refractivity contribution is 0.454. The highest BCUT2D eigenvalue weighted by Crippen LogP contribution is 1.74. The average Bonchev–Trinajstić information content (AvgIpc) is 2.78. The van der Waals surface area contributed by atoms with Crippen molar-refractivity contribution >= 4 is 11.4 Å². The maximum atomic E-state index is 8.67. The van der Waals surface area contributed by atoms with Crippen LogP contribution in [-0.2, 0) is 25.5 Å². The van der Waals surface area contributed by atoms with Crippen LogP contribution < -0.4 is 0 Å². The van der Waals surface area contributed by atoms with Crippen LogP contribution in [-0.4, -0.2) is 32.4 Å². The van der Waals surface area contributed by atoms with Crippen LogP contribution in [0.4, 0.5) is 0 Å². The third kappa shape index (κ3) is 10.6. The second-order valence-corrected chi connectivity index (χ2v) is 3.15. The van der Waals surface area contributed by atoms with E-state index in [2.05, 4.69) is 9.97 Å². The fraction of sp³-hybridized carbons (Fsp3) is 0.250. The van der Waals surface area contributed by atoms with Crippen molar-refractivity contribution in [1.29, 1.82) is 0 Å². The monoisotopic (exact) mass is 246 g/mol. The van der Waals surface area contributed by atoms with Crippen molar-refractivity contribution in [1.82, 2.24) is 19.1 Å².